The molecule has 0 fully saturated rings. The summed E-state index contributed by atoms with van der Waals surface area (Å²) < 4.78 is 5.20. The average molecular weight is 363 g/mol. The number of hydrogen-bond donors (Lipinski definition) is 1. The molecule has 4 rings (SSSR count). The highest BCUT2D eigenvalue weighted by Gasteiger charge is 2.16. The van der Waals surface area contributed by atoms with Crippen LogP contribution in [0.15, 0.2) is 66.7 Å². The number of rotatable bonds is 3. The van der Waals surface area contributed by atoms with Crippen LogP contribution in [0.3, 0.4) is 0 Å². The Morgan fingerprint density at radius 1 is 0.923 bits per heavy atom. The van der Waals surface area contributed by atoms with Crippen LogP contribution in [0.2, 0.25) is 5.02 Å². The van der Waals surface area contributed by atoms with Crippen molar-refractivity contribution in [1.29, 1.82) is 0 Å². The van der Waals surface area contributed by atoms with E-state index in [4.69, 9.17) is 21.3 Å². The predicted molar refractivity (Wildman–Crippen MR) is 104 cm³/mol. The van der Waals surface area contributed by atoms with E-state index in [9.17, 15) is 5.11 Å². The van der Waals surface area contributed by atoms with E-state index in [1.165, 1.54) is 7.11 Å². The van der Waals surface area contributed by atoms with Crippen LogP contribution in [0.4, 0.5) is 0 Å². The van der Waals surface area contributed by atoms with Gasteiger partial charge in [-0.15, -0.1) is 0 Å². The maximum Gasteiger partial charge on any atom is 0.168 e. The van der Waals surface area contributed by atoms with Crippen molar-refractivity contribution in [2.45, 2.75) is 0 Å². The maximum atomic E-state index is 10.5. The molecule has 0 amide bonds. The molecule has 0 saturated carbocycles. The van der Waals surface area contributed by atoms with Crippen molar-refractivity contribution in [3.8, 4) is 34.1 Å². The molecular weight excluding hydrogens is 348 g/mol. The first-order chi connectivity index (χ1) is 12.7. The zero-order valence-electron chi connectivity index (χ0n) is 14.0. The molecule has 0 bridgehead atoms. The van der Waals surface area contributed by atoms with Crippen molar-refractivity contribution in [3.05, 3.63) is 71.8 Å². The summed E-state index contributed by atoms with van der Waals surface area (Å²) in [4.78, 5) is 9.36. The van der Waals surface area contributed by atoms with Crippen LogP contribution in [0.5, 0.6) is 11.5 Å². The minimum absolute atomic E-state index is 0.0160. The Morgan fingerprint density at radius 3 is 2.50 bits per heavy atom. The molecule has 1 aromatic heterocycles. The van der Waals surface area contributed by atoms with Crippen molar-refractivity contribution in [2.24, 2.45) is 0 Å². The van der Waals surface area contributed by atoms with Gasteiger partial charge in [-0.25, -0.2) is 9.97 Å². The van der Waals surface area contributed by atoms with Gasteiger partial charge in [0.15, 0.2) is 17.3 Å². The van der Waals surface area contributed by atoms with E-state index < -0.39 is 0 Å². The van der Waals surface area contributed by atoms with Gasteiger partial charge in [0.25, 0.3) is 0 Å². The van der Waals surface area contributed by atoms with Gasteiger partial charge in [-0.2, -0.15) is 0 Å². The summed E-state index contributed by atoms with van der Waals surface area (Å²) in [6.07, 6.45) is 0. The van der Waals surface area contributed by atoms with Gasteiger partial charge in [-0.05, 0) is 30.3 Å². The summed E-state index contributed by atoms with van der Waals surface area (Å²) in [6, 6.07) is 20.6. The molecule has 128 valence electrons. The first kappa shape index (κ1) is 16.4. The topological polar surface area (TPSA) is 55.2 Å². The first-order valence-corrected chi connectivity index (χ1v) is 8.44. The van der Waals surface area contributed by atoms with Gasteiger partial charge in [0, 0.05) is 16.0 Å². The second kappa shape index (κ2) is 6.65. The Morgan fingerprint density at radius 2 is 1.73 bits per heavy atom. The van der Waals surface area contributed by atoms with Gasteiger partial charge >= 0.3 is 0 Å². The van der Waals surface area contributed by atoms with Crippen molar-refractivity contribution < 1.29 is 9.84 Å². The van der Waals surface area contributed by atoms with Crippen LogP contribution < -0.4 is 4.74 Å². The highest BCUT2D eigenvalue weighted by atomic mass is 35.5. The molecule has 3 aromatic carbocycles. The third-order valence-electron chi connectivity index (χ3n) is 4.16. The van der Waals surface area contributed by atoms with E-state index in [1.54, 1.807) is 24.3 Å². The lowest BCUT2D eigenvalue weighted by Crippen LogP contribution is -1.96. The summed E-state index contributed by atoms with van der Waals surface area (Å²) in [5, 5.41) is 12.0. The molecule has 0 unspecified atom stereocenters. The zero-order valence-corrected chi connectivity index (χ0v) is 14.7. The number of fused-ring (bicyclic) bond motifs is 1. The van der Waals surface area contributed by atoms with E-state index >= 15 is 0 Å². The first-order valence-electron chi connectivity index (χ1n) is 8.06. The van der Waals surface area contributed by atoms with Gasteiger partial charge in [-0.3, -0.25) is 0 Å². The number of methoxy groups -OCH3 is 1. The number of phenolic OH excluding ortho intramolecular Hbond substituents is 1. The normalized spacial score (nSPS) is 10.8. The molecule has 1 heterocycles. The molecule has 4 nitrogen and oxygen atoms in total. The second-order valence-electron chi connectivity index (χ2n) is 5.78. The second-order valence-corrected chi connectivity index (χ2v) is 6.22. The number of benzene rings is 3. The summed E-state index contributed by atoms with van der Waals surface area (Å²) in [6.45, 7) is 0. The van der Waals surface area contributed by atoms with E-state index in [0.717, 1.165) is 22.2 Å². The van der Waals surface area contributed by atoms with Gasteiger partial charge in [-0.1, -0.05) is 48.0 Å². The fourth-order valence-electron chi connectivity index (χ4n) is 2.90. The SMILES string of the molecule is COc1cccc(-c2nc(-c3ccccc3)c3cc(Cl)ccc3n2)c1O. The van der Waals surface area contributed by atoms with Crippen molar-refractivity contribution in [1.82, 2.24) is 9.97 Å². The highest BCUT2D eigenvalue weighted by Crippen LogP contribution is 2.37. The van der Waals surface area contributed by atoms with Gasteiger partial charge < -0.3 is 9.84 Å². The van der Waals surface area contributed by atoms with Crippen LogP contribution in [-0.2, 0) is 0 Å². The molecule has 0 atom stereocenters. The number of aromatic hydroxyl groups is 1. The molecule has 0 aliphatic carbocycles. The van der Waals surface area contributed by atoms with Gasteiger partial charge in [0.2, 0.25) is 0 Å². The van der Waals surface area contributed by atoms with Crippen molar-refractivity contribution in [2.75, 3.05) is 7.11 Å². The molecule has 26 heavy (non-hydrogen) atoms. The van der Waals surface area contributed by atoms with Crippen LogP contribution in [-0.4, -0.2) is 22.2 Å². The van der Waals surface area contributed by atoms with Crippen molar-refractivity contribution >= 4 is 22.5 Å². The molecule has 0 saturated heterocycles. The van der Waals surface area contributed by atoms with E-state index in [1.807, 2.05) is 42.5 Å². The van der Waals surface area contributed by atoms with Crippen LogP contribution in [0.25, 0.3) is 33.5 Å². The summed E-state index contributed by atoms with van der Waals surface area (Å²) in [5.41, 5.74) is 2.97. The number of aromatic nitrogens is 2. The number of nitrogens with zero attached hydrogens (tertiary/aromatic N) is 2. The quantitative estimate of drug-likeness (QED) is 0.535. The summed E-state index contributed by atoms with van der Waals surface area (Å²) in [5.74, 6) is 0.820. The van der Waals surface area contributed by atoms with Crippen LogP contribution in [0.1, 0.15) is 0 Å². The van der Waals surface area contributed by atoms with Gasteiger partial charge in [0.1, 0.15) is 0 Å². The fraction of sp³-hybridized carbons (Fsp3) is 0.0476. The molecule has 0 aliphatic heterocycles. The molecule has 0 aliphatic rings. The van der Waals surface area contributed by atoms with E-state index in [0.29, 0.717) is 22.2 Å². The molecule has 5 heteroatoms. The number of halogens is 1. The summed E-state index contributed by atoms with van der Waals surface area (Å²) >= 11 is 6.19. The van der Waals surface area contributed by atoms with Crippen LogP contribution >= 0.6 is 11.6 Å². The number of para-hydroxylation sites is 1. The standard InChI is InChI=1S/C21H15ClN2O2/c1-26-18-9-5-8-15(20(18)25)21-23-17-11-10-14(22)12-16(17)19(24-21)13-6-3-2-4-7-13/h2-12,25H,1H3. The van der Waals surface area contributed by atoms with Gasteiger partial charge in [0.05, 0.1) is 23.9 Å². The minimum atomic E-state index is 0.0160. The number of hydrogen-bond acceptors (Lipinski definition) is 4. The Hall–Kier alpha value is -3.11. The molecule has 1 N–H and O–H groups in total. The zero-order chi connectivity index (χ0) is 18.1. The lowest BCUT2D eigenvalue weighted by molar-refractivity contribution is 0.374. The Labute approximate surface area is 155 Å². The largest absolute Gasteiger partial charge is 0.504 e. The predicted octanol–water partition coefficient (Wildman–Crippen LogP) is 5.33. The Bertz CT molecular complexity index is 1100. The van der Waals surface area contributed by atoms with Crippen molar-refractivity contribution in [3.63, 3.8) is 0 Å². The Balaban J connectivity index is 2.03. The smallest absolute Gasteiger partial charge is 0.168 e. The number of phenols is 1. The average Bonchev–Trinajstić information content (AvgIpc) is 2.68. The molecule has 0 spiro atoms. The monoisotopic (exact) mass is 362 g/mol. The van der Waals surface area contributed by atoms with E-state index in [-0.39, 0.29) is 5.75 Å². The lowest BCUT2D eigenvalue weighted by atomic mass is 10.1. The molecule has 4 aromatic rings. The Kier molecular flexibility index (Phi) is 4.19. The summed E-state index contributed by atoms with van der Waals surface area (Å²) in [7, 11) is 1.51. The molecule has 0 radical (unpaired) electrons. The number of ether oxygens (including phenoxy) is 1. The third-order valence-corrected chi connectivity index (χ3v) is 4.40. The van der Waals surface area contributed by atoms with Crippen LogP contribution in [0, 0.1) is 0 Å². The minimum Gasteiger partial charge on any atom is -0.504 e. The third kappa shape index (κ3) is 2.85. The highest BCUT2D eigenvalue weighted by molar-refractivity contribution is 6.31. The molecular formula is C21H15ClN2O2. The lowest BCUT2D eigenvalue weighted by Gasteiger charge is -2.12. The maximum absolute atomic E-state index is 10.5. The fourth-order valence-corrected chi connectivity index (χ4v) is 3.08. The van der Waals surface area contributed by atoms with E-state index in [2.05, 4.69) is 4.98 Å².